The number of benzene rings is 6. The van der Waals surface area contributed by atoms with E-state index in [1.54, 1.807) is 11.8 Å². The molecular formula is C87H107N15O15. The molecule has 0 spiro atoms. The summed E-state index contributed by atoms with van der Waals surface area (Å²) in [5.41, 5.74) is 13.3. The van der Waals surface area contributed by atoms with Crippen LogP contribution in [0, 0.1) is 11.8 Å². The molecule has 117 heavy (non-hydrogen) atoms. The average Bonchev–Trinajstić information content (AvgIpc) is 1.74. The first-order valence-electron chi connectivity index (χ1n) is 40.2. The lowest BCUT2D eigenvalue weighted by molar-refractivity contribution is -0.142. The monoisotopic (exact) mass is 1600 g/mol. The van der Waals surface area contributed by atoms with Gasteiger partial charge in [-0.05, 0) is 187 Å². The van der Waals surface area contributed by atoms with Crippen LogP contribution in [0.2, 0.25) is 0 Å². The Morgan fingerprint density at radius 2 is 0.880 bits per heavy atom. The number of carbonyl (C=O) groups is 8. The number of ether oxygens (including phenoxy) is 6. The van der Waals surface area contributed by atoms with Crippen molar-refractivity contribution in [1.29, 1.82) is 0 Å². The minimum absolute atomic E-state index is 0.00876. The van der Waals surface area contributed by atoms with Crippen molar-refractivity contribution in [3.8, 4) is 33.5 Å². The van der Waals surface area contributed by atoms with Gasteiger partial charge in [0.1, 0.15) is 35.6 Å². The first-order valence-corrected chi connectivity index (χ1v) is 40.2. The van der Waals surface area contributed by atoms with Gasteiger partial charge in [0.05, 0.1) is 98.8 Å². The van der Waals surface area contributed by atoms with Gasteiger partial charge in [0.2, 0.25) is 17.7 Å². The zero-order valence-electron chi connectivity index (χ0n) is 68.4. The maximum atomic E-state index is 13.7. The van der Waals surface area contributed by atoms with Crippen molar-refractivity contribution in [3.63, 3.8) is 0 Å². The van der Waals surface area contributed by atoms with Gasteiger partial charge in [0.15, 0.2) is 6.04 Å². The maximum Gasteiger partial charge on any atom is 0.407 e. The molecule has 0 saturated carbocycles. The molecule has 9 aromatic rings. The number of carboxylic acid groups (broad SMARTS) is 1. The molecule has 12 atom stereocenters. The molecule has 5 aliphatic rings. The molecule has 3 aromatic heterocycles. The number of likely N-dealkylation sites (tertiary alicyclic amines) is 3. The van der Waals surface area contributed by atoms with E-state index in [0.717, 1.165) is 161 Å². The molecule has 620 valence electrons. The number of aliphatic imine (C=N–C) groups is 1. The number of imidazole rings is 3. The van der Waals surface area contributed by atoms with E-state index < -0.39 is 66.7 Å². The number of carboxylic acids is 1. The highest BCUT2D eigenvalue weighted by Crippen LogP contribution is 2.39. The second-order valence-corrected chi connectivity index (χ2v) is 30.6. The molecule has 0 aliphatic carbocycles. The predicted octanol–water partition coefficient (Wildman–Crippen LogP) is 13.2. The van der Waals surface area contributed by atoms with Crippen LogP contribution in [0.3, 0.4) is 0 Å². The average molecular weight is 1600 g/mol. The van der Waals surface area contributed by atoms with Gasteiger partial charge in [-0.3, -0.25) is 19.4 Å². The Hall–Kier alpha value is -11.8. The van der Waals surface area contributed by atoms with Gasteiger partial charge in [0, 0.05) is 57.7 Å². The molecule has 14 rings (SSSR count). The Bertz CT molecular complexity index is 5160. The summed E-state index contributed by atoms with van der Waals surface area (Å²) in [5, 5.41) is 27.0. The zero-order valence-corrected chi connectivity index (χ0v) is 68.4. The first kappa shape index (κ1) is 84.6. The van der Waals surface area contributed by atoms with E-state index in [1.807, 2.05) is 56.0 Å². The van der Waals surface area contributed by atoms with E-state index >= 15 is 0 Å². The van der Waals surface area contributed by atoms with Crippen molar-refractivity contribution in [1.82, 2.24) is 71.2 Å². The number of nitrogens with one attached hydrogen (secondary N) is 8. The van der Waals surface area contributed by atoms with Crippen LogP contribution in [0.4, 0.5) is 19.2 Å². The van der Waals surface area contributed by atoms with Gasteiger partial charge in [0.25, 0.3) is 0 Å². The third kappa shape index (κ3) is 19.4. The summed E-state index contributed by atoms with van der Waals surface area (Å²) in [4.78, 5) is 134. The summed E-state index contributed by atoms with van der Waals surface area (Å²) in [6, 6.07) is 34.9. The zero-order chi connectivity index (χ0) is 83.3. The number of hydrogen-bond acceptors (Lipinski definition) is 19. The maximum absolute atomic E-state index is 13.7. The predicted molar refractivity (Wildman–Crippen MR) is 445 cm³/mol. The molecule has 8 heterocycles. The number of H-pyrrole nitrogens is 3. The summed E-state index contributed by atoms with van der Waals surface area (Å²) < 4.78 is 28.8. The standard InChI is InChI=1S/C43H52N8O7.C37H42N6O3.C7H13NO5/c1-7-24(2)36(48-42(54)57-5)40(52)50-18-8-10-34(50)38-44-23-33(47-38)30-15-14-26-20-27(12-13-28(26)21-30)29-16-17-31-32(22-29)46-39(45-31)35-11-9-19-51(35)41(53)37(25(3)56-4)49-43(55)58-6;1-4-22(2)34(42-37(45)46-3)36(44)43-16-6-8-33(43)32-20-28(21-39-32)26-12-11-23-17-25(10-9-24(23)18-26)27-13-14-29-31(19-27)41-35(40-29)30-7-5-15-38-30;1-4(12-2)5(6(9)10)8-7(11)13-3/h12-17,20-25,34-37H,7-11,18-19H2,1-6H3,(H,44,47)(H,45,46)(H,48,54)(H,49,55);9-14,17-19,21-22,30,33-34,38H,4-8,15-16,20H2,1-3H3,(H,40,41)(H,42,45);4-5H,1-3H3,(H,8,11)(H,9,10)/t24-,25+,34-,35-,36-,37-;22-,30-,33-,34-;4-,5+/m001/s1. The fourth-order valence-corrected chi connectivity index (χ4v) is 16.0. The summed E-state index contributed by atoms with van der Waals surface area (Å²) in [7, 11) is 7.90. The van der Waals surface area contributed by atoms with Crippen LogP contribution < -0.4 is 26.6 Å². The largest absolute Gasteiger partial charge is 0.480 e. The van der Waals surface area contributed by atoms with Crippen molar-refractivity contribution < 1.29 is 71.9 Å². The summed E-state index contributed by atoms with van der Waals surface area (Å²) >= 11 is 0. The lowest BCUT2D eigenvalue weighted by Gasteiger charge is -2.31. The minimum Gasteiger partial charge on any atom is -0.480 e. The van der Waals surface area contributed by atoms with E-state index in [4.69, 9.17) is 48.7 Å². The second kappa shape index (κ2) is 38.3. The number of rotatable bonds is 24. The number of fused-ring (bicyclic) bond motifs is 4. The van der Waals surface area contributed by atoms with Crippen LogP contribution >= 0.6 is 0 Å². The molecule has 4 saturated heterocycles. The Balaban J connectivity index is 0.000000190. The number of allylic oxidation sites excluding steroid dienone is 1. The van der Waals surface area contributed by atoms with Gasteiger partial charge in [-0.25, -0.2) is 38.9 Å². The van der Waals surface area contributed by atoms with Crippen molar-refractivity contribution in [2.75, 3.05) is 68.8 Å². The van der Waals surface area contributed by atoms with Crippen LogP contribution in [0.15, 0.2) is 127 Å². The molecule has 30 heteroatoms. The van der Waals surface area contributed by atoms with E-state index in [9.17, 15) is 38.4 Å². The van der Waals surface area contributed by atoms with E-state index in [0.29, 0.717) is 37.9 Å². The summed E-state index contributed by atoms with van der Waals surface area (Å²) in [6.07, 6.45) is 9.40. The van der Waals surface area contributed by atoms with E-state index in [1.165, 1.54) is 65.2 Å². The second-order valence-electron chi connectivity index (χ2n) is 30.6. The summed E-state index contributed by atoms with van der Waals surface area (Å²) in [5.74, 6) is 0.789. The van der Waals surface area contributed by atoms with E-state index in [-0.39, 0.29) is 47.7 Å². The Labute approximate surface area is 679 Å². The van der Waals surface area contributed by atoms with Crippen molar-refractivity contribution in [2.24, 2.45) is 16.8 Å². The van der Waals surface area contributed by atoms with Gasteiger partial charge in [-0.15, -0.1) is 0 Å². The highest BCUT2D eigenvalue weighted by molar-refractivity contribution is 6.05. The van der Waals surface area contributed by atoms with Gasteiger partial charge >= 0.3 is 30.3 Å². The van der Waals surface area contributed by atoms with E-state index in [2.05, 4.69) is 149 Å². The Morgan fingerprint density at radius 3 is 1.37 bits per heavy atom. The van der Waals surface area contributed by atoms with Crippen LogP contribution in [-0.4, -0.2) is 215 Å². The molecule has 5 aliphatic heterocycles. The lowest BCUT2D eigenvalue weighted by Crippen LogP contribution is -2.54. The quantitative estimate of drug-likeness (QED) is 0.0254. The molecular weight excluding hydrogens is 1500 g/mol. The van der Waals surface area contributed by atoms with Gasteiger partial charge in [-0.1, -0.05) is 101 Å². The van der Waals surface area contributed by atoms with Crippen molar-refractivity contribution in [3.05, 3.63) is 145 Å². The highest BCUT2D eigenvalue weighted by Gasteiger charge is 2.42. The number of aliphatic carboxylic acids is 1. The van der Waals surface area contributed by atoms with Crippen LogP contribution in [-0.2, 0) is 47.6 Å². The third-order valence-corrected chi connectivity index (χ3v) is 23.4. The third-order valence-electron chi connectivity index (χ3n) is 23.4. The Kier molecular flexibility index (Phi) is 27.7. The van der Waals surface area contributed by atoms with Crippen molar-refractivity contribution >= 4 is 103 Å². The molecule has 0 bridgehead atoms. The fraction of sp³-hybridized carbons (Fsp3) is 0.448. The molecule has 6 aromatic carbocycles. The lowest BCUT2D eigenvalue weighted by atomic mass is 9.94. The first-order chi connectivity index (χ1) is 56.5. The number of amides is 7. The number of alkyl carbamates (subject to hydrolysis) is 4. The molecule has 7 amide bonds. The van der Waals surface area contributed by atoms with Gasteiger partial charge < -0.3 is 89.8 Å². The van der Waals surface area contributed by atoms with Crippen LogP contribution in [0.25, 0.3) is 82.7 Å². The normalized spacial score (nSPS) is 19.2. The highest BCUT2D eigenvalue weighted by atomic mass is 16.6. The molecule has 30 nitrogen and oxygen atoms in total. The van der Waals surface area contributed by atoms with Crippen molar-refractivity contribution in [2.45, 2.75) is 173 Å². The fourth-order valence-electron chi connectivity index (χ4n) is 16.0. The molecule has 4 fully saturated rings. The smallest absolute Gasteiger partial charge is 0.407 e. The van der Waals surface area contributed by atoms with Crippen LogP contribution in [0.5, 0.6) is 0 Å². The topological polar surface area (TPSA) is 380 Å². The number of carbonyl (C=O) groups excluding carboxylic acids is 7. The van der Waals surface area contributed by atoms with Gasteiger partial charge in [-0.2, -0.15) is 0 Å². The van der Waals surface area contributed by atoms with Crippen LogP contribution in [0.1, 0.15) is 153 Å². The molecule has 0 radical (unpaired) electrons. The molecule has 9 N–H and O–H groups in total. The summed E-state index contributed by atoms with van der Waals surface area (Å²) in [6.45, 7) is 14.1. The number of aromatic nitrogens is 6. The minimum atomic E-state index is -1.17. The Morgan fingerprint density at radius 1 is 0.470 bits per heavy atom. The number of aromatic amines is 3. The number of methoxy groups -OCH3 is 6. The number of hydrogen-bond donors (Lipinski definition) is 9. The molecule has 0 unspecified atom stereocenters. The number of nitrogens with zero attached hydrogens (tertiary/aromatic N) is 7. The SMILES string of the molecule is CC[C@H](C)[C@H](NC(=O)OC)C(=O)N1CCC[C@H]1C1=NC=C(c2ccc3cc(-c4ccc5nc([C@@H]6CCCN6)[nH]c5c4)ccc3c2)C1.CC[C@H](C)[C@H](NC(=O)OC)C(=O)N1CCC[C@H]1c1ncc(-c2ccc3cc(-c4ccc5nc([C@@H]6CCCN6C(=O)[C@@H](NC(=O)OC)[C@@H](C)OC)[nH]c5c4)ccc3c2)[nH]1.COC(=O)N[C@H](C(=O)O)[C@@H](C)OC.